The number of carbonyl (C=O) groups is 1. The summed E-state index contributed by atoms with van der Waals surface area (Å²) in [5.41, 5.74) is 2.04. The molecule has 33 heavy (non-hydrogen) atoms. The van der Waals surface area contributed by atoms with Crippen LogP contribution in [-0.4, -0.2) is 65.5 Å². The Labute approximate surface area is 196 Å². The van der Waals surface area contributed by atoms with E-state index < -0.39 is 0 Å². The summed E-state index contributed by atoms with van der Waals surface area (Å²) in [4.78, 5) is 22.0. The van der Waals surface area contributed by atoms with E-state index in [4.69, 9.17) is 0 Å². The Balaban J connectivity index is 1.35. The molecule has 1 amide bonds. The van der Waals surface area contributed by atoms with E-state index in [1.54, 1.807) is 24.3 Å². The van der Waals surface area contributed by atoms with E-state index in [1.807, 2.05) is 0 Å². The highest BCUT2D eigenvalue weighted by atomic mass is 16.3. The van der Waals surface area contributed by atoms with E-state index in [0.717, 1.165) is 38.6 Å². The van der Waals surface area contributed by atoms with Gasteiger partial charge in [0.1, 0.15) is 12.3 Å². The molecule has 2 saturated heterocycles. The lowest BCUT2D eigenvalue weighted by Crippen LogP contribution is -2.56. The average Bonchev–Trinajstić information content (AvgIpc) is 2.84. The van der Waals surface area contributed by atoms with E-state index >= 15 is 0 Å². The molecule has 7 heteroatoms. The molecule has 2 aromatic rings. The van der Waals surface area contributed by atoms with Gasteiger partial charge in [-0.1, -0.05) is 30.3 Å². The van der Waals surface area contributed by atoms with Crippen LogP contribution >= 0.6 is 0 Å². The molecule has 7 nitrogen and oxygen atoms in total. The lowest BCUT2D eigenvalue weighted by molar-refractivity contribution is -0.114. The number of piperidine rings is 2. The zero-order chi connectivity index (χ0) is 23.0. The number of hydrogen-bond acceptors (Lipinski definition) is 4. The molecule has 0 aliphatic carbocycles. The average molecular weight is 450 g/mol. The number of carbonyl (C=O) groups excluding carboxylic acids is 1. The number of fused-ring (bicyclic) bond motifs is 1. The lowest BCUT2D eigenvalue weighted by atomic mass is 9.83. The van der Waals surface area contributed by atoms with Crippen LogP contribution in [0.15, 0.2) is 59.6 Å². The van der Waals surface area contributed by atoms with Gasteiger partial charge < -0.3 is 20.6 Å². The summed E-state index contributed by atoms with van der Waals surface area (Å²) in [5, 5.41) is 15.6. The van der Waals surface area contributed by atoms with Gasteiger partial charge in [0.2, 0.25) is 5.91 Å². The quantitative estimate of drug-likeness (QED) is 0.358. The van der Waals surface area contributed by atoms with Gasteiger partial charge in [0.15, 0.2) is 5.96 Å². The monoisotopic (exact) mass is 449 g/mol. The first kappa shape index (κ1) is 23.1. The molecular weight excluding hydrogens is 414 g/mol. The van der Waals surface area contributed by atoms with E-state index in [-0.39, 0.29) is 18.2 Å². The number of benzene rings is 2. The normalized spacial score (nSPS) is 21.4. The van der Waals surface area contributed by atoms with Crippen molar-refractivity contribution in [2.24, 2.45) is 10.9 Å². The van der Waals surface area contributed by atoms with E-state index in [0.29, 0.717) is 17.6 Å². The fraction of sp³-hybridized carbons (Fsp3) is 0.462. The predicted octanol–water partition coefficient (Wildman–Crippen LogP) is 3.28. The van der Waals surface area contributed by atoms with Gasteiger partial charge in [-0.05, 0) is 68.5 Å². The van der Waals surface area contributed by atoms with Crippen molar-refractivity contribution in [2.75, 3.05) is 38.0 Å². The number of hydrogen-bond donors (Lipinski definition) is 3. The molecule has 2 fully saturated rings. The van der Waals surface area contributed by atoms with Gasteiger partial charge in [0, 0.05) is 37.9 Å². The molecule has 0 radical (unpaired) electrons. The van der Waals surface area contributed by atoms with Crippen molar-refractivity contribution in [2.45, 2.75) is 38.8 Å². The Morgan fingerprint density at radius 2 is 1.88 bits per heavy atom. The van der Waals surface area contributed by atoms with Crippen molar-refractivity contribution in [1.29, 1.82) is 0 Å². The molecular formula is C26H35N5O2. The number of phenolic OH excluding ortho intramolecular Hbond substituents is 1. The lowest BCUT2D eigenvalue weighted by Gasteiger charge is -2.48. The predicted molar refractivity (Wildman–Crippen MR) is 132 cm³/mol. The van der Waals surface area contributed by atoms with Gasteiger partial charge in [-0.3, -0.25) is 9.69 Å². The number of nitrogens with zero attached hydrogens (tertiary/aromatic N) is 3. The summed E-state index contributed by atoms with van der Waals surface area (Å²) >= 11 is 0. The van der Waals surface area contributed by atoms with Crippen LogP contribution in [0.25, 0.3) is 0 Å². The summed E-state index contributed by atoms with van der Waals surface area (Å²) in [5.74, 6) is 1.44. The standard InChI is InChI=1S/C26H35N5O2/c1-2-27-26(28-17-25(33)29-22-10-12-23(32)13-11-22)31-16-14-24-21(19-31)9-6-15-30(24)18-20-7-4-3-5-8-20/h3-5,7-8,10-13,21,24,32H,2,6,9,14-19H2,1H3,(H,27,28)(H,29,33). The molecule has 3 N–H and O–H groups in total. The number of amides is 1. The molecule has 2 unspecified atom stereocenters. The first-order valence-corrected chi connectivity index (χ1v) is 12.0. The van der Waals surface area contributed by atoms with E-state index in [9.17, 15) is 9.90 Å². The molecule has 2 aliphatic heterocycles. The first-order chi connectivity index (χ1) is 16.1. The van der Waals surface area contributed by atoms with Crippen LogP contribution in [-0.2, 0) is 11.3 Å². The minimum atomic E-state index is -0.169. The number of anilines is 1. The number of nitrogens with one attached hydrogen (secondary N) is 2. The van der Waals surface area contributed by atoms with E-state index in [1.165, 1.54) is 24.9 Å². The van der Waals surface area contributed by atoms with Gasteiger partial charge >= 0.3 is 0 Å². The Hall–Kier alpha value is -3.06. The largest absolute Gasteiger partial charge is 0.508 e. The van der Waals surface area contributed by atoms with Crippen molar-refractivity contribution >= 4 is 17.6 Å². The SMILES string of the molecule is CCNC(=NCC(=O)Nc1ccc(O)cc1)N1CCC2C(CCCN2Cc2ccccc2)C1. The van der Waals surface area contributed by atoms with Crippen molar-refractivity contribution in [1.82, 2.24) is 15.1 Å². The number of aliphatic imine (C=N–C) groups is 1. The van der Waals surface area contributed by atoms with Crippen molar-refractivity contribution < 1.29 is 9.90 Å². The second kappa shape index (κ2) is 11.2. The number of aromatic hydroxyl groups is 1. The second-order valence-electron chi connectivity index (χ2n) is 8.93. The summed E-state index contributed by atoms with van der Waals surface area (Å²) in [6.07, 6.45) is 3.58. The summed E-state index contributed by atoms with van der Waals surface area (Å²) < 4.78 is 0. The van der Waals surface area contributed by atoms with Crippen molar-refractivity contribution in [3.8, 4) is 5.75 Å². The van der Waals surface area contributed by atoms with Crippen LogP contribution in [0.2, 0.25) is 0 Å². The van der Waals surface area contributed by atoms with Crippen molar-refractivity contribution in [3.05, 3.63) is 60.2 Å². The van der Waals surface area contributed by atoms with E-state index in [2.05, 4.69) is 62.7 Å². The minimum Gasteiger partial charge on any atom is -0.508 e. The van der Waals surface area contributed by atoms with Crippen molar-refractivity contribution in [3.63, 3.8) is 0 Å². The fourth-order valence-electron chi connectivity index (χ4n) is 5.03. The number of phenols is 1. The Morgan fingerprint density at radius 3 is 2.64 bits per heavy atom. The topological polar surface area (TPSA) is 80.2 Å². The zero-order valence-electron chi connectivity index (χ0n) is 19.4. The van der Waals surface area contributed by atoms with Crippen LogP contribution in [0.1, 0.15) is 31.7 Å². The minimum absolute atomic E-state index is 0.0634. The molecule has 176 valence electrons. The second-order valence-corrected chi connectivity index (χ2v) is 8.93. The maximum Gasteiger partial charge on any atom is 0.246 e. The smallest absolute Gasteiger partial charge is 0.246 e. The van der Waals surface area contributed by atoms with Gasteiger partial charge in [-0.2, -0.15) is 0 Å². The highest BCUT2D eigenvalue weighted by molar-refractivity contribution is 5.94. The van der Waals surface area contributed by atoms with Crippen LogP contribution in [0.5, 0.6) is 5.75 Å². The van der Waals surface area contributed by atoms with Gasteiger partial charge in [0.25, 0.3) is 0 Å². The third-order valence-corrected chi connectivity index (χ3v) is 6.57. The third-order valence-electron chi connectivity index (χ3n) is 6.57. The fourth-order valence-corrected chi connectivity index (χ4v) is 5.03. The molecule has 2 aliphatic rings. The maximum atomic E-state index is 12.4. The molecule has 2 aromatic carbocycles. The number of likely N-dealkylation sites (tertiary alicyclic amines) is 2. The maximum absolute atomic E-state index is 12.4. The number of rotatable bonds is 6. The molecule has 2 heterocycles. The zero-order valence-corrected chi connectivity index (χ0v) is 19.4. The van der Waals surface area contributed by atoms with Crippen LogP contribution in [0, 0.1) is 5.92 Å². The molecule has 0 bridgehead atoms. The van der Waals surface area contributed by atoms with Crippen LogP contribution in [0.3, 0.4) is 0 Å². The number of guanidine groups is 1. The molecule has 2 atom stereocenters. The first-order valence-electron chi connectivity index (χ1n) is 12.0. The molecule has 0 aromatic heterocycles. The summed E-state index contributed by atoms with van der Waals surface area (Å²) in [6.45, 7) is 6.99. The molecule has 4 rings (SSSR count). The Kier molecular flexibility index (Phi) is 7.83. The molecule has 0 spiro atoms. The van der Waals surface area contributed by atoms with Gasteiger partial charge in [0.05, 0.1) is 0 Å². The third kappa shape index (κ3) is 6.26. The van der Waals surface area contributed by atoms with Crippen LogP contribution in [0.4, 0.5) is 5.69 Å². The summed E-state index contributed by atoms with van der Waals surface area (Å²) in [6, 6.07) is 17.8. The highest BCUT2D eigenvalue weighted by Crippen LogP contribution is 2.31. The summed E-state index contributed by atoms with van der Waals surface area (Å²) in [7, 11) is 0. The Bertz CT molecular complexity index is 931. The van der Waals surface area contributed by atoms with Gasteiger partial charge in [-0.25, -0.2) is 4.99 Å². The highest BCUT2D eigenvalue weighted by Gasteiger charge is 2.36. The van der Waals surface area contributed by atoms with Crippen LogP contribution < -0.4 is 10.6 Å². The molecule has 0 saturated carbocycles. The Morgan fingerprint density at radius 1 is 1.09 bits per heavy atom. The van der Waals surface area contributed by atoms with Gasteiger partial charge in [-0.15, -0.1) is 0 Å².